The number of hydrogen-bond donors (Lipinski definition) is 2. The number of carbonyl (C=O) groups excluding carboxylic acids is 1. The van der Waals surface area contributed by atoms with E-state index in [0.29, 0.717) is 22.4 Å². The third-order valence-corrected chi connectivity index (χ3v) is 4.17. The first-order valence-corrected chi connectivity index (χ1v) is 7.21. The van der Waals surface area contributed by atoms with Crippen molar-refractivity contribution in [2.75, 3.05) is 32.2 Å². The Morgan fingerprint density at radius 1 is 1.40 bits per heavy atom. The van der Waals surface area contributed by atoms with E-state index < -0.39 is 0 Å². The molecule has 1 aromatic rings. The van der Waals surface area contributed by atoms with Crippen LogP contribution in [0.25, 0.3) is 0 Å². The van der Waals surface area contributed by atoms with Crippen LogP contribution >= 0.6 is 11.6 Å². The molecule has 1 saturated heterocycles. The number of piperidine rings is 1. The van der Waals surface area contributed by atoms with E-state index in [2.05, 4.69) is 22.6 Å². The van der Waals surface area contributed by atoms with Crippen molar-refractivity contribution in [3.63, 3.8) is 0 Å². The molecule has 1 fully saturated rings. The topological polar surface area (TPSA) is 53.6 Å². The Labute approximate surface area is 123 Å². The number of nitrogens with one attached hydrogen (secondary N) is 2. The number of nitrogens with zero attached hydrogens (tertiary/aromatic N) is 1. The first-order valence-electron chi connectivity index (χ1n) is 6.83. The normalized spacial score (nSPS) is 20.0. The van der Waals surface area contributed by atoms with Crippen LogP contribution in [0, 0.1) is 0 Å². The van der Waals surface area contributed by atoms with E-state index in [1.807, 2.05) is 6.07 Å². The van der Waals surface area contributed by atoms with Gasteiger partial charge in [-0.3, -0.25) is 4.79 Å². The Hall–Kier alpha value is -1.46. The summed E-state index contributed by atoms with van der Waals surface area (Å²) in [7, 11) is 2.13. The van der Waals surface area contributed by atoms with Gasteiger partial charge in [-0.25, -0.2) is 0 Å². The maximum atomic E-state index is 11.7. The van der Waals surface area contributed by atoms with Gasteiger partial charge in [-0.05, 0) is 39.0 Å². The van der Waals surface area contributed by atoms with Crippen molar-refractivity contribution < 1.29 is 9.53 Å². The second-order valence-corrected chi connectivity index (χ2v) is 5.75. The molecule has 0 atom stereocenters. The fourth-order valence-electron chi connectivity index (χ4n) is 2.61. The lowest BCUT2D eigenvalue weighted by Crippen LogP contribution is -2.37. The number of carbonyl (C=O) groups is 1. The summed E-state index contributed by atoms with van der Waals surface area (Å²) in [6.07, 6.45) is 2.18. The first kappa shape index (κ1) is 13.5. The number of hydrogen-bond acceptors (Lipinski definition) is 4. The summed E-state index contributed by atoms with van der Waals surface area (Å²) >= 11 is 6.27. The molecule has 0 unspecified atom stereocenters. The van der Waals surface area contributed by atoms with Crippen molar-refractivity contribution in [1.82, 2.24) is 10.2 Å². The summed E-state index contributed by atoms with van der Waals surface area (Å²) in [6, 6.07) is 3.91. The van der Waals surface area contributed by atoms with Gasteiger partial charge in [0.25, 0.3) is 5.91 Å². The molecule has 2 aliphatic heterocycles. The van der Waals surface area contributed by atoms with Gasteiger partial charge in [0.15, 0.2) is 6.73 Å². The number of ether oxygens (including phenoxy) is 1. The molecule has 0 radical (unpaired) electrons. The fourth-order valence-corrected chi connectivity index (χ4v) is 2.83. The summed E-state index contributed by atoms with van der Waals surface area (Å²) in [5.41, 5.74) is 1.34. The zero-order chi connectivity index (χ0) is 14.1. The van der Waals surface area contributed by atoms with Crippen LogP contribution in [0.5, 0.6) is 5.75 Å². The van der Waals surface area contributed by atoms with E-state index in [-0.39, 0.29) is 12.6 Å². The predicted octanol–water partition coefficient (Wildman–Crippen LogP) is 1.93. The molecule has 0 aromatic heterocycles. The van der Waals surface area contributed by atoms with Crippen LogP contribution in [0.4, 0.5) is 5.69 Å². The van der Waals surface area contributed by atoms with Crippen LogP contribution in [0.2, 0.25) is 5.02 Å². The molecule has 6 heteroatoms. The quantitative estimate of drug-likeness (QED) is 0.875. The molecular weight excluding hydrogens is 278 g/mol. The van der Waals surface area contributed by atoms with Gasteiger partial charge in [-0.2, -0.15) is 0 Å². The van der Waals surface area contributed by atoms with E-state index in [4.69, 9.17) is 16.3 Å². The van der Waals surface area contributed by atoms with Crippen LogP contribution in [-0.4, -0.2) is 43.7 Å². The number of amides is 1. The highest BCUT2D eigenvalue weighted by molar-refractivity contribution is 6.33. The Morgan fingerprint density at radius 2 is 2.15 bits per heavy atom. The molecule has 3 rings (SSSR count). The highest BCUT2D eigenvalue weighted by Gasteiger charge is 2.22. The molecule has 1 aromatic carbocycles. The van der Waals surface area contributed by atoms with Crippen molar-refractivity contribution in [2.24, 2.45) is 0 Å². The van der Waals surface area contributed by atoms with Crippen molar-refractivity contribution in [2.45, 2.75) is 18.9 Å². The lowest BCUT2D eigenvalue weighted by molar-refractivity contribution is 0.0883. The minimum atomic E-state index is -0.140. The lowest BCUT2D eigenvalue weighted by Gasteiger charge is -2.30. The molecule has 108 valence electrons. The number of benzene rings is 1. The van der Waals surface area contributed by atoms with E-state index in [1.165, 1.54) is 0 Å². The van der Waals surface area contributed by atoms with Gasteiger partial charge in [-0.15, -0.1) is 0 Å². The van der Waals surface area contributed by atoms with Crippen LogP contribution in [0.15, 0.2) is 12.1 Å². The van der Waals surface area contributed by atoms with Gasteiger partial charge in [0.05, 0.1) is 16.3 Å². The summed E-state index contributed by atoms with van der Waals surface area (Å²) in [6.45, 7) is 2.37. The smallest absolute Gasteiger partial charge is 0.257 e. The number of halogens is 1. The number of likely N-dealkylation sites (tertiary alicyclic amines) is 1. The zero-order valence-corrected chi connectivity index (χ0v) is 12.2. The van der Waals surface area contributed by atoms with Crippen molar-refractivity contribution in [3.8, 4) is 5.75 Å². The lowest BCUT2D eigenvalue weighted by atomic mass is 10.0. The highest BCUT2D eigenvalue weighted by atomic mass is 35.5. The minimum absolute atomic E-state index is 0.140. The summed E-state index contributed by atoms with van der Waals surface area (Å²) in [5.74, 6) is 0.451. The predicted molar refractivity (Wildman–Crippen MR) is 78.6 cm³/mol. The summed E-state index contributed by atoms with van der Waals surface area (Å²) < 4.78 is 5.46. The Balaban J connectivity index is 1.78. The third kappa shape index (κ3) is 2.69. The molecule has 2 heterocycles. The van der Waals surface area contributed by atoms with E-state index in [9.17, 15) is 4.79 Å². The van der Waals surface area contributed by atoms with Crippen LogP contribution < -0.4 is 15.4 Å². The maximum absolute atomic E-state index is 11.7. The molecule has 0 spiro atoms. The Bertz CT molecular complexity index is 527. The molecule has 20 heavy (non-hydrogen) atoms. The zero-order valence-electron chi connectivity index (χ0n) is 11.4. The summed E-state index contributed by atoms with van der Waals surface area (Å²) in [5, 5.41) is 6.65. The van der Waals surface area contributed by atoms with Gasteiger partial charge >= 0.3 is 0 Å². The molecule has 0 aliphatic carbocycles. The van der Waals surface area contributed by atoms with Crippen molar-refractivity contribution in [3.05, 3.63) is 22.7 Å². The molecule has 0 bridgehead atoms. The van der Waals surface area contributed by atoms with Gasteiger partial charge < -0.3 is 20.3 Å². The summed E-state index contributed by atoms with van der Waals surface area (Å²) in [4.78, 5) is 14.0. The monoisotopic (exact) mass is 295 g/mol. The minimum Gasteiger partial charge on any atom is -0.472 e. The Morgan fingerprint density at radius 3 is 2.90 bits per heavy atom. The van der Waals surface area contributed by atoms with Gasteiger partial charge in [0.1, 0.15) is 5.75 Å². The van der Waals surface area contributed by atoms with Gasteiger partial charge in [0, 0.05) is 12.1 Å². The highest BCUT2D eigenvalue weighted by Crippen LogP contribution is 2.33. The van der Waals surface area contributed by atoms with Crippen LogP contribution in [0.3, 0.4) is 0 Å². The number of rotatable bonds is 2. The van der Waals surface area contributed by atoms with E-state index >= 15 is 0 Å². The molecular formula is C14H18ClN3O2. The standard InChI is InChI=1S/C14H18ClN3O2/c1-18-4-2-9(3-5-18)17-12-7-13-10(6-11(12)15)14(19)16-8-20-13/h6-7,9,17H,2-5,8H2,1H3,(H,16,19). The first-order chi connectivity index (χ1) is 9.63. The van der Waals surface area contributed by atoms with Crippen molar-refractivity contribution in [1.29, 1.82) is 0 Å². The molecule has 0 saturated carbocycles. The SMILES string of the molecule is CN1CCC(Nc2cc3c(cc2Cl)C(=O)NCO3)CC1. The average molecular weight is 296 g/mol. The molecule has 1 amide bonds. The number of fused-ring (bicyclic) bond motifs is 1. The number of anilines is 1. The van der Waals surface area contributed by atoms with E-state index in [1.54, 1.807) is 6.07 Å². The molecule has 2 aliphatic rings. The van der Waals surface area contributed by atoms with Crippen LogP contribution in [-0.2, 0) is 0 Å². The second kappa shape index (κ2) is 5.50. The largest absolute Gasteiger partial charge is 0.472 e. The van der Waals surface area contributed by atoms with Gasteiger partial charge in [-0.1, -0.05) is 11.6 Å². The van der Waals surface area contributed by atoms with E-state index in [0.717, 1.165) is 31.6 Å². The second-order valence-electron chi connectivity index (χ2n) is 5.34. The average Bonchev–Trinajstić information content (AvgIpc) is 2.43. The molecule has 5 nitrogen and oxygen atoms in total. The van der Waals surface area contributed by atoms with Gasteiger partial charge in [0.2, 0.25) is 0 Å². The third-order valence-electron chi connectivity index (χ3n) is 3.85. The van der Waals surface area contributed by atoms with Crippen molar-refractivity contribution >= 4 is 23.2 Å². The fraction of sp³-hybridized carbons (Fsp3) is 0.500. The molecule has 2 N–H and O–H groups in total. The Kier molecular flexibility index (Phi) is 3.72. The van der Waals surface area contributed by atoms with Crippen LogP contribution in [0.1, 0.15) is 23.2 Å². The maximum Gasteiger partial charge on any atom is 0.257 e.